The average molecular weight is 207 g/mol. The molecule has 0 bridgehead atoms. The van der Waals surface area contributed by atoms with E-state index in [1.54, 1.807) is 6.07 Å². The largest absolute Gasteiger partial charge is 0.393 e. The van der Waals surface area contributed by atoms with Crippen LogP contribution >= 0.6 is 0 Å². The number of aliphatic hydroxyl groups excluding tert-OH is 1. The minimum absolute atomic E-state index is 0.106. The summed E-state index contributed by atoms with van der Waals surface area (Å²) < 4.78 is 0. The highest BCUT2D eigenvalue weighted by molar-refractivity contribution is 5.42. The van der Waals surface area contributed by atoms with Gasteiger partial charge in [-0.1, -0.05) is 6.07 Å². The zero-order valence-electron chi connectivity index (χ0n) is 8.69. The van der Waals surface area contributed by atoms with E-state index >= 15 is 0 Å². The van der Waals surface area contributed by atoms with Gasteiger partial charge in [-0.05, 0) is 37.3 Å². The van der Waals surface area contributed by atoms with Gasteiger partial charge in [0, 0.05) is 6.54 Å². The Kier molecular flexibility index (Phi) is 3.06. The van der Waals surface area contributed by atoms with E-state index in [1.807, 2.05) is 12.1 Å². The standard InChI is InChI=1S/C11H17N3O/c12-10-2-1-3-11(14-10)13-7-8-4-5-9(15)6-8/h1-3,8-9,15H,4-7H2,(H3,12,13,14). The molecule has 0 amide bonds. The number of hydrogen-bond acceptors (Lipinski definition) is 4. The summed E-state index contributed by atoms with van der Waals surface area (Å²) in [5.41, 5.74) is 5.57. The van der Waals surface area contributed by atoms with Crippen molar-refractivity contribution in [3.05, 3.63) is 18.2 Å². The fraction of sp³-hybridized carbons (Fsp3) is 0.545. The van der Waals surface area contributed by atoms with Crippen LogP contribution in [0.25, 0.3) is 0 Å². The molecule has 2 atom stereocenters. The van der Waals surface area contributed by atoms with Crippen LogP contribution in [-0.4, -0.2) is 22.7 Å². The molecule has 0 aliphatic heterocycles. The second kappa shape index (κ2) is 4.49. The predicted octanol–water partition coefficient (Wildman–Crippen LogP) is 1.24. The zero-order chi connectivity index (χ0) is 10.7. The summed E-state index contributed by atoms with van der Waals surface area (Å²) >= 11 is 0. The van der Waals surface area contributed by atoms with E-state index in [0.29, 0.717) is 11.7 Å². The van der Waals surface area contributed by atoms with Gasteiger partial charge >= 0.3 is 0 Å². The Morgan fingerprint density at radius 3 is 3.00 bits per heavy atom. The third-order valence-electron chi connectivity index (χ3n) is 2.86. The fourth-order valence-electron chi connectivity index (χ4n) is 2.03. The molecule has 4 heteroatoms. The van der Waals surface area contributed by atoms with Gasteiger partial charge in [-0.3, -0.25) is 0 Å². The summed E-state index contributed by atoms with van der Waals surface area (Å²) in [6, 6.07) is 5.56. The summed E-state index contributed by atoms with van der Waals surface area (Å²) in [5, 5.41) is 12.6. The van der Waals surface area contributed by atoms with Crippen molar-refractivity contribution in [3.63, 3.8) is 0 Å². The number of rotatable bonds is 3. The molecule has 0 saturated heterocycles. The quantitative estimate of drug-likeness (QED) is 0.697. The molecule has 0 radical (unpaired) electrons. The lowest BCUT2D eigenvalue weighted by atomic mass is 10.1. The molecule has 2 unspecified atom stereocenters. The second-order valence-electron chi connectivity index (χ2n) is 4.16. The van der Waals surface area contributed by atoms with Crippen LogP contribution in [0.3, 0.4) is 0 Å². The van der Waals surface area contributed by atoms with E-state index in [1.165, 1.54) is 0 Å². The Balaban J connectivity index is 1.83. The number of aliphatic hydroxyl groups is 1. The summed E-state index contributed by atoms with van der Waals surface area (Å²) in [6.45, 7) is 0.869. The molecule has 4 nitrogen and oxygen atoms in total. The third-order valence-corrected chi connectivity index (χ3v) is 2.86. The van der Waals surface area contributed by atoms with Crippen LogP contribution in [0, 0.1) is 5.92 Å². The molecule has 1 aromatic heterocycles. The van der Waals surface area contributed by atoms with Crippen LogP contribution in [0.15, 0.2) is 18.2 Å². The molecule has 2 rings (SSSR count). The number of nitrogens with one attached hydrogen (secondary N) is 1. The number of hydrogen-bond donors (Lipinski definition) is 3. The smallest absolute Gasteiger partial charge is 0.128 e. The Labute approximate surface area is 89.5 Å². The summed E-state index contributed by atoms with van der Waals surface area (Å²) in [4.78, 5) is 4.16. The van der Waals surface area contributed by atoms with Crippen molar-refractivity contribution in [1.29, 1.82) is 0 Å². The Hall–Kier alpha value is -1.29. The fourth-order valence-corrected chi connectivity index (χ4v) is 2.03. The minimum Gasteiger partial charge on any atom is -0.393 e. The maximum absolute atomic E-state index is 9.38. The maximum atomic E-state index is 9.38. The van der Waals surface area contributed by atoms with Crippen molar-refractivity contribution >= 4 is 11.6 Å². The lowest BCUT2D eigenvalue weighted by Gasteiger charge is -2.11. The van der Waals surface area contributed by atoms with Gasteiger partial charge in [0.25, 0.3) is 0 Å². The first-order valence-corrected chi connectivity index (χ1v) is 5.38. The normalized spacial score (nSPS) is 25.4. The monoisotopic (exact) mass is 207 g/mol. The molecule has 4 N–H and O–H groups in total. The molecule has 1 aliphatic rings. The van der Waals surface area contributed by atoms with Crippen LogP contribution < -0.4 is 11.1 Å². The average Bonchev–Trinajstić information content (AvgIpc) is 2.62. The third kappa shape index (κ3) is 2.83. The van der Waals surface area contributed by atoms with Gasteiger partial charge in [0.15, 0.2) is 0 Å². The number of nitrogen functional groups attached to an aromatic ring is 1. The van der Waals surface area contributed by atoms with Crippen molar-refractivity contribution in [3.8, 4) is 0 Å². The number of anilines is 2. The van der Waals surface area contributed by atoms with E-state index in [-0.39, 0.29) is 6.10 Å². The summed E-state index contributed by atoms with van der Waals surface area (Å²) in [5.74, 6) is 1.91. The van der Waals surface area contributed by atoms with Crippen molar-refractivity contribution in [2.75, 3.05) is 17.6 Å². The van der Waals surface area contributed by atoms with Gasteiger partial charge in [-0.2, -0.15) is 0 Å². The molecule has 1 aromatic rings. The SMILES string of the molecule is Nc1cccc(NCC2CCC(O)C2)n1. The van der Waals surface area contributed by atoms with Crippen LogP contribution in [0.5, 0.6) is 0 Å². The van der Waals surface area contributed by atoms with Gasteiger partial charge in [0.2, 0.25) is 0 Å². The molecule has 1 saturated carbocycles. The molecular weight excluding hydrogens is 190 g/mol. The highest BCUT2D eigenvalue weighted by Gasteiger charge is 2.22. The predicted molar refractivity (Wildman–Crippen MR) is 60.5 cm³/mol. The van der Waals surface area contributed by atoms with Crippen LogP contribution in [0.4, 0.5) is 11.6 Å². The van der Waals surface area contributed by atoms with Gasteiger partial charge in [-0.25, -0.2) is 4.98 Å². The second-order valence-corrected chi connectivity index (χ2v) is 4.16. The molecular formula is C11H17N3O. The number of pyridine rings is 1. The van der Waals surface area contributed by atoms with Crippen molar-refractivity contribution in [2.45, 2.75) is 25.4 Å². The molecule has 0 spiro atoms. The number of nitrogens with zero attached hydrogens (tertiary/aromatic N) is 1. The van der Waals surface area contributed by atoms with Gasteiger partial charge in [-0.15, -0.1) is 0 Å². The minimum atomic E-state index is -0.106. The van der Waals surface area contributed by atoms with Crippen LogP contribution in [0.2, 0.25) is 0 Å². The zero-order valence-corrected chi connectivity index (χ0v) is 8.69. The molecule has 1 heterocycles. The van der Waals surface area contributed by atoms with Gasteiger partial charge < -0.3 is 16.2 Å². The Morgan fingerprint density at radius 2 is 2.33 bits per heavy atom. The first kappa shape index (κ1) is 10.2. The molecule has 15 heavy (non-hydrogen) atoms. The van der Waals surface area contributed by atoms with E-state index < -0.39 is 0 Å². The van der Waals surface area contributed by atoms with E-state index in [0.717, 1.165) is 31.6 Å². The van der Waals surface area contributed by atoms with Gasteiger partial charge in [0.05, 0.1) is 6.10 Å². The van der Waals surface area contributed by atoms with E-state index in [9.17, 15) is 5.11 Å². The van der Waals surface area contributed by atoms with Gasteiger partial charge in [0.1, 0.15) is 11.6 Å². The number of nitrogens with two attached hydrogens (primary N) is 1. The Morgan fingerprint density at radius 1 is 1.47 bits per heavy atom. The van der Waals surface area contributed by atoms with Crippen LogP contribution in [0.1, 0.15) is 19.3 Å². The summed E-state index contributed by atoms with van der Waals surface area (Å²) in [7, 11) is 0. The first-order valence-electron chi connectivity index (χ1n) is 5.38. The highest BCUT2D eigenvalue weighted by Crippen LogP contribution is 2.25. The van der Waals surface area contributed by atoms with Crippen molar-refractivity contribution < 1.29 is 5.11 Å². The maximum Gasteiger partial charge on any atom is 0.128 e. The lowest BCUT2D eigenvalue weighted by Crippen LogP contribution is -2.13. The number of aromatic nitrogens is 1. The van der Waals surface area contributed by atoms with Crippen molar-refractivity contribution in [2.24, 2.45) is 5.92 Å². The molecule has 1 aliphatic carbocycles. The topological polar surface area (TPSA) is 71.2 Å². The lowest BCUT2D eigenvalue weighted by molar-refractivity contribution is 0.178. The van der Waals surface area contributed by atoms with Crippen LogP contribution in [-0.2, 0) is 0 Å². The Bertz CT molecular complexity index is 329. The first-order chi connectivity index (χ1) is 7.24. The van der Waals surface area contributed by atoms with E-state index in [4.69, 9.17) is 5.73 Å². The molecule has 82 valence electrons. The molecule has 1 fully saturated rings. The van der Waals surface area contributed by atoms with Crippen molar-refractivity contribution in [1.82, 2.24) is 4.98 Å². The molecule has 0 aromatic carbocycles. The van der Waals surface area contributed by atoms with E-state index in [2.05, 4.69) is 10.3 Å². The highest BCUT2D eigenvalue weighted by atomic mass is 16.3. The summed E-state index contributed by atoms with van der Waals surface area (Å²) in [6.07, 6.45) is 2.81.